The van der Waals surface area contributed by atoms with Crippen LogP contribution in [0.4, 0.5) is 5.69 Å². The summed E-state index contributed by atoms with van der Waals surface area (Å²) in [5.41, 5.74) is 2.01. The van der Waals surface area contributed by atoms with Crippen molar-refractivity contribution in [3.8, 4) is 5.75 Å². The van der Waals surface area contributed by atoms with Gasteiger partial charge in [0.1, 0.15) is 18.3 Å². The van der Waals surface area contributed by atoms with E-state index in [2.05, 4.69) is 27.9 Å². The van der Waals surface area contributed by atoms with Crippen LogP contribution in [0.3, 0.4) is 0 Å². The average Bonchev–Trinajstić information content (AvgIpc) is 3.10. The Hall–Kier alpha value is -3.90. The monoisotopic (exact) mass is 765 g/mol. The average molecular weight is 766 g/mol. The fourth-order valence-electron chi connectivity index (χ4n) is 5.92. The van der Waals surface area contributed by atoms with Gasteiger partial charge >= 0.3 is 0 Å². The molecule has 2 amide bonds. The maximum Gasteiger partial charge on any atom is 0.264 e. The molecule has 246 valence electrons. The highest BCUT2D eigenvalue weighted by atomic mass is 127. The number of halogens is 1. The van der Waals surface area contributed by atoms with Gasteiger partial charge in [-0.15, -0.1) is 0 Å². The lowest BCUT2D eigenvalue weighted by molar-refractivity contribution is -0.140. The summed E-state index contributed by atoms with van der Waals surface area (Å²) in [4.78, 5) is 30.5. The number of nitrogens with zero attached hydrogens (tertiary/aromatic N) is 2. The van der Waals surface area contributed by atoms with Crippen LogP contribution in [-0.2, 0) is 32.6 Å². The SMILES string of the molecule is COc1cccc(CN(C(=O)CN(c2ccc(I)cc2)S(=O)(=O)c2ccccc2)[C@@H](Cc2ccccc2)C(=O)NC2CCCCC2)c1. The van der Waals surface area contributed by atoms with Gasteiger partial charge in [-0.2, -0.15) is 0 Å². The van der Waals surface area contributed by atoms with Crippen molar-refractivity contribution < 1.29 is 22.7 Å². The largest absolute Gasteiger partial charge is 0.497 e. The summed E-state index contributed by atoms with van der Waals surface area (Å²) in [6.07, 6.45) is 5.29. The van der Waals surface area contributed by atoms with Gasteiger partial charge in [0.05, 0.1) is 17.7 Å². The molecular formula is C37H40IN3O5S. The number of anilines is 1. The number of hydrogen-bond acceptors (Lipinski definition) is 5. The molecule has 5 rings (SSSR count). The summed E-state index contributed by atoms with van der Waals surface area (Å²) in [6.45, 7) is -0.415. The molecule has 0 saturated heterocycles. The second-order valence-electron chi connectivity index (χ2n) is 11.7. The van der Waals surface area contributed by atoms with E-state index in [4.69, 9.17) is 4.74 Å². The van der Waals surface area contributed by atoms with Crippen molar-refractivity contribution in [3.05, 3.63) is 124 Å². The number of carbonyl (C=O) groups excluding carboxylic acids is 2. The van der Waals surface area contributed by atoms with E-state index in [1.165, 1.54) is 17.0 Å². The number of carbonyl (C=O) groups is 2. The van der Waals surface area contributed by atoms with Crippen molar-refractivity contribution in [2.75, 3.05) is 18.0 Å². The molecular weight excluding hydrogens is 725 g/mol. The summed E-state index contributed by atoms with van der Waals surface area (Å²) >= 11 is 2.16. The van der Waals surface area contributed by atoms with Crippen LogP contribution in [0.25, 0.3) is 0 Å². The van der Waals surface area contributed by atoms with Crippen molar-refractivity contribution in [1.29, 1.82) is 0 Å². The summed E-state index contributed by atoms with van der Waals surface area (Å²) < 4.78 is 35.8. The van der Waals surface area contributed by atoms with Gasteiger partial charge in [-0.3, -0.25) is 13.9 Å². The Morgan fingerprint density at radius 1 is 0.851 bits per heavy atom. The van der Waals surface area contributed by atoms with E-state index >= 15 is 0 Å². The second kappa shape index (κ2) is 16.3. The molecule has 0 aromatic heterocycles. The van der Waals surface area contributed by atoms with E-state index < -0.39 is 28.5 Å². The van der Waals surface area contributed by atoms with Crippen LogP contribution in [-0.4, -0.2) is 50.9 Å². The van der Waals surface area contributed by atoms with Crippen LogP contribution in [0.5, 0.6) is 5.75 Å². The lowest BCUT2D eigenvalue weighted by atomic mass is 9.94. The number of rotatable bonds is 13. The van der Waals surface area contributed by atoms with Gasteiger partial charge in [-0.05, 0) is 95.1 Å². The van der Waals surface area contributed by atoms with Crippen LogP contribution in [0.15, 0.2) is 114 Å². The number of nitrogens with one attached hydrogen (secondary N) is 1. The minimum Gasteiger partial charge on any atom is -0.497 e. The highest BCUT2D eigenvalue weighted by Gasteiger charge is 2.35. The third kappa shape index (κ3) is 9.13. The zero-order valence-electron chi connectivity index (χ0n) is 26.4. The molecule has 0 unspecified atom stereocenters. The third-order valence-electron chi connectivity index (χ3n) is 8.43. The first-order valence-corrected chi connectivity index (χ1v) is 18.4. The molecule has 0 radical (unpaired) electrons. The summed E-state index contributed by atoms with van der Waals surface area (Å²) in [5.74, 6) is -0.123. The molecule has 1 fully saturated rings. The fourth-order valence-corrected chi connectivity index (χ4v) is 7.72. The number of methoxy groups -OCH3 is 1. The Morgan fingerprint density at radius 2 is 1.49 bits per heavy atom. The van der Waals surface area contributed by atoms with Crippen molar-refractivity contribution in [2.45, 2.75) is 62.0 Å². The fraction of sp³-hybridized carbons (Fsp3) is 0.297. The molecule has 4 aromatic carbocycles. The maximum atomic E-state index is 14.7. The van der Waals surface area contributed by atoms with Gasteiger partial charge in [-0.1, -0.05) is 79.9 Å². The van der Waals surface area contributed by atoms with Crippen molar-refractivity contribution in [3.63, 3.8) is 0 Å². The number of hydrogen-bond donors (Lipinski definition) is 1. The lowest BCUT2D eigenvalue weighted by Crippen LogP contribution is -2.55. The third-order valence-corrected chi connectivity index (χ3v) is 10.9. The molecule has 8 nitrogen and oxygen atoms in total. The Bertz CT molecular complexity index is 1730. The van der Waals surface area contributed by atoms with Gasteiger partial charge in [0.15, 0.2) is 0 Å². The number of sulfonamides is 1. The normalized spacial score (nSPS) is 14.2. The van der Waals surface area contributed by atoms with E-state index in [-0.39, 0.29) is 29.8 Å². The van der Waals surface area contributed by atoms with E-state index in [1.807, 2.05) is 54.6 Å². The molecule has 10 heteroatoms. The Labute approximate surface area is 291 Å². The van der Waals surface area contributed by atoms with E-state index in [9.17, 15) is 18.0 Å². The molecule has 0 aliphatic heterocycles. The van der Waals surface area contributed by atoms with E-state index in [0.717, 1.165) is 51.1 Å². The Kier molecular flexibility index (Phi) is 11.9. The molecule has 0 heterocycles. The zero-order valence-corrected chi connectivity index (χ0v) is 29.4. The molecule has 0 spiro atoms. The Morgan fingerprint density at radius 3 is 2.15 bits per heavy atom. The molecule has 1 N–H and O–H groups in total. The van der Waals surface area contributed by atoms with Gasteiger partial charge in [0.25, 0.3) is 10.0 Å². The standard InChI is InChI=1S/C37H40IN3O5S/c1-46-33-17-11-14-29(24-33)26-40(35(25-28-12-5-2-6-13-28)37(43)39-31-15-7-3-8-16-31)36(42)27-41(32-22-20-30(38)21-23-32)47(44,45)34-18-9-4-10-19-34/h2,4-6,9-14,17-24,31,35H,3,7-8,15-16,25-27H2,1H3,(H,39,43)/t35-/m0/s1. The number of amides is 2. The van der Waals surface area contributed by atoms with E-state index in [1.54, 1.807) is 49.6 Å². The van der Waals surface area contributed by atoms with Crippen molar-refractivity contribution in [2.24, 2.45) is 0 Å². The molecule has 0 bridgehead atoms. The van der Waals surface area contributed by atoms with Gasteiger partial charge < -0.3 is 15.0 Å². The summed E-state index contributed by atoms with van der Waals surface area (Å²) in [7, 11) is -2.57. The topological polar surface area (TPSA) is 96.0 Å². The number of benzene rings is 4. The zero-order chi connectivity index (χ0) is 33.2. The molecule has 47 heavy (non-hydrogen) atoms. The van der Waals surface area contributed by atoms with Gasteiger partial charge in [0, 0.05) is 22.6 Å². The minimum atomic E-state index is -4.14. The van der Waals surface area contributed by atoms with Crippen molar-refractivity contribution in [1.82, 2.24) is 10.2 Å². The van der Waals surface area contributed by atoms with Crippen molar-refractivity contribution >= 4 is 50.1 Å². The van der Waals surface area contributed by atoms with Crippen LogP contribution < -0.4 is 14.4 Å². The predicted molar refractivity (Wildman–Crippen MR) is 193 cm³/mol. The summed E-state index contributed by atoms with van der Waals surface area (Å²) in [5, 5.41) is 3.24. The first kappa shape index (κ1) is 34.4. The quantitative estimate of drug-likeness (QED) is 0.155. The van der Waals surface area contributed by atoms with Crippen LogP contribution in [0, 0.1) is 3.57 Å². The maximum absolute atomic E-state index is 14.7. The Balaban J connectivity index is 1.56. The number of ether oxygens (including phenoxy) is 1. The minimum absolute atomic E-state index is 0.0324. The summed E-state index contributed by atoms with van der Waals surface area (Å²) in [6, 6.07) is 31.2. The van der Waals surface area contributed by atoms with Gasteiger partial charge in [-0.25, -0.2) is 8.42 Å². The lowest BCUT2D eigenvalue weighted by Gasteiger charge is -2.35. The van der Waals surface area contributed by atoms with Gasteiger partial charge in [0.2, 0.25) is 11.8 Å². The molecule has 1 saturated carbocycles. The highest BCUT2D eigenvalue weighted by molar-refractivity contribution is 14.1. The van der Waals surface area contributed by atoms with Crippen LogP contribution >= 0.6 is 22.6 Å². The highest BCUT2D eigenvalue weighted by Crippen LogP contribution is 2.27. The van der Waals surface area contributed by atoms with Crippen LogP contribution in [0.2, 0.25) is 0 Å². The van der Waals surface area contributed by atoms with E-state index in [0.29, 0.717) is 11.4 Å². The second-order valence-corrected chi connectivity index (χ2v) is 14.8. The molecule has 1 atom stereocenters. The first-order valence-electron chi connectivity index (χ1n) is 15.8. The first-order chi connectivity index (χ1) is 22.7. The molecule has 4 aromatic rings. The van der Waals surface area contributed by atoms with Crippen LogP contribution in [0.1, 0.15) is 43.2 Å². The smallest absolute Gasteiger partial charge is 0.264 e. The molecule has 1 aliphatic rings. The predicted octanol–water partition coefficient (Wildman–Crippen LogP) is 6.58. The molecule has 1 aliphatic carbocycles.